The molecule has 1 fully saturated rings. The molecule has 2 atom stereocenters. The molecule has 0 bridgehead atoms. The Morgan fingerprint density at radius 3 is 3.07 bits per heavy atom. The number of rotatable bonds is 3. The molecule has 2 rings (SSSR count). The van der Waals surface area contributed by atoms with Gasteiger partial charge in [-0.1, -0.05) is 0 Å². The van der Waals surface area contributed by atoms with Gasteiger partial charge in [0.1, 0.15) is 5.01 Å². The van der Waals surface area contributed by atoms with Crippen LogP contribution in [0.15, 0.2) is 6.20 Å². The Labute approximate surface area is 88.2 Å². The van der Waals surface area contributed by atoms with Gasteiger partial charge in [0.15, 0.2) is 0 Å². The van der Waals surface area contributed by atoms with Gasteiger partial charge < -0.3 is 10.4 Å². The Morgan fingerprint density at radius 2 is 2.50 bits per heavy atom. The molecular formula is C10H16N2OS. The number of nitrogens with zero attached hydrogens (tertiary/aromatic N) is 1. The largest absolute Gasteiger partial charge is 0.392 e. The summed E-state index contributed by atoms with van der Waals surface area (Å²) in [7, 11) is 0. The van der Waals surface area contributed by atoms with Crippen LogP contribution in [-0.4, -0.2) is 22.2 Å². The Bertz CT molecular complexity index is 300. The van der Waals surface area contributed by atoms with Crippen LogP contribution >= 0.6 is 11.3 Å². The van der Waals surface area contributed by atoms with Crippen LogP contribution in [0.3, 0.4) is 0 Å². The van der Waals surface area contributed by atoms with Gasteiger partial charge in [-0.2, -0.15) is 0 Å². The summed E-state index contributed by atoms with van der Waals surface area (Å²) >= 11 is 1.72. The lowest BCUT2D eigenvalue weighted by atomic mass is 10.2. The highest BCUT2D eigenvalue weighted by molar-refractivity contribution is 7.11. The van der Waals surface area contributed by atoms with Crippen LogP contribution in [-0.2, 0) is 6.54 Å². The molecule has 1 aliphatic carbocycles. The first-order valence-corrected chi connectivity index (χ1v) is 5.90. The molecule has 0 aliphatic heterocycles. The van der Waals surface area contributed by atoms with Gasteiger partial charge in [-0.15, -0.1) is 11.3 Å². The second-order valence-electron chi connectivity index (χ2n) is 3.85. The van der Waals surface area contributed by atoms with Gasteiger partial charge in [-0.05, 0) is 26.2 Å². The number of hydrogen-bond acceptors (Lipinski definition) is 4. The van der Waals surface area contributed by atoms with Crippen molar-refractivity contribution in [3.63, 3.8) is 0 Å². The smallest absolute Gasteiger partial charge is 0.107 e. The van der Waals surface area contributed by atoms with E-state index in [9.17, 15) is 5.11 Å². The van der Waals surface area contributed by atoms with E-state index in [4.69, 9.17) is 0 Å². The molecule has 3 nitrogen and oxygen atoms in total. The van der Waals surface area contributed by atoms with E-state index in [1.54, 1.807) is 11.3 Å². The lowest BCUT2D eigenvalue weighted by Crippen LogP contribution is -2.34. The summed E-state index contributed by atoms with van der Waals surface area (Å²) in [5, 5.41) is 14.1. The van der Waals surface area contributed by atoms with Crippen molar-refractivity contribution in [2.24, 2.45) is 0 Å². The van der Waals surface area contributed by atoms with Gasteiger partial charge >= 0.3 is 0 Å². The highest BCUT2D eigenvalue weighted by atomic mass is 32.1. The summed E-state index contributed by atoms with van der Waals surface area (Å²) < 4.78 is 0. The van der Waals surface area contributed by atoms with E-state index in [2.05, 4.69) is 17.2 Å². The summed E-state index contributed by atoms with van der Waals surface area (Å²) in [6.07, 6.45) is 4.90. The minimum atomic E-state index is -0.156. The second kappa shape index (κ2) is 4.38. The molecule has 1 heterocycles. The van der Waals surface area contributed by atoms with Crippen molar-refractivity contribution < 1.29 is 5.11 Å². The first kappa shape index (κ1) is 10.1. The Morgan fingerprint density at radius 1 is 1.64 bits per heavy atom. The number of hydrogen-bond donors (Lipinski definition) is 2. The molecule has 1 aromatic heterocycles. The van der Waals surface area contributed by atoms with Gasteiger partial charge in [0.25, 0.3) is 0 Å². The molecule has 78 valence electrons. The monoisotopic (exact) mass is 212 g/mol. The zero-order chi connectivity index (χ0) is 9.97. The summed E-state index contributed by atoms with van der Waals surface area (Å²) in [5.74, 6) is 0. The van der Waals surface area contributed by atoms with Gasteiger partial charge in [0, 0.05) is 23.7 Å². The molecule has 0 spiro atoms. The third-order valence-electron chi connectivity index (χ3n) is 2.66. The fourth-order valence-electron chi connectivity index (χ4n) is 1.88. The lowest BCUT2D eigenvalue weighted by Gasteiger charge is -2.14. The Balaban J connectivity index is 1.82. The topological polar surface area (TPSA) is 45.2 Å². The minimum Gasteiger partial charge on any atom is -0.392 e. The number of aliphatic hydroxyl groups is 1. The van der Waals surface area contributed by atoms with Gasteiger partial charge in [0.2, 0.25) is 0 Å². The molecular weight excluding hydrogens is 196 g/mol. The quantitative estimate of drug-likeness (QED) is 0.797. The van der Waals surface area contributed by atoms with Crippen molar-refractivity contribution >= 4 is 11.3 Å². The van der Waals surface area contributed by atoms with Crippen molar-refractivity contribution in [2.45, 2.75) is 44.9 Å². The van der Waals surface area contributed by atoms with Crippen LogP contribution in [0.4, 0.5) is 0 Å². The summed E-state index contributed by atoms with van der Waals surface area (Å²) in [6.45, 7) is 2.85. The highest BCUT2D eigenvalue weighted by Crippen LogP contribution is 2.19. The predicted molar refractivity (Wildman–Crippen MR) is 57.3 cm³/mol. The van der Waals surface area contributed by atoms with Gasteiger partial charge in [0.05, 0.1) is 6.10 Å². The van der Waals surface area contributed by atoms with Crippen LogP contribution in [0.1, 0.15) is 29.1 Å². The van der Waals surface area contributed by atoms with Crippen LogP contribution in [0.25, 0.3) is 0 Å². The molecule has 2 unspecified atom stereocenters. The van der Waals surface area contributed by atoms with E-state index in [0.717, 1.165) is 30.8 Å². The van der Waals surface area contributed by atoms with E-state index in [1.165, 1.54) is 4.88 Å². The summed E-state index contributed by atoms with van der Waals surface area (Å²) in [6, 6.07) is 0.277. The molecule has 2 N–H and O–H groups in total. The van der Waals surface area contributed by atoms with E-state index in [-0.39, 0.29) is 12.1 Å². The molecule has 1 saturated carbocycles. The van der Waals surface area contributed by atoms with Crippen LogP contribution < -0.4 is 5.32 Å². The number of aromatic nitrogens is 1. The maximum Gasteiger partial charge on any atom is 0.107 e. The van der Waals surface area contributed by atoms with Crippen LogP contribution in [0.2, 0.25) is 0 Å². The molecule has 0 saturated heterocycles. The normalized spacial score (nSPS) is 27.0. The maximum atomic E-state index is 9.59. The number of thiazole rings is 1. The zero-order valence-electron chi connectivity index (χ0n) is 8.36. The lowest BCUT2D eigenvalue weighted by molar-refractivity contribution is 0.148. The third kappa shape index (κ3) is 2.32. The number of aliphatic hydroxyl groups excluding tert-OH is 1. The predicted octanol–water partition coefficient (Wildman–Crippen LogP) is 1.45. The number of aryl methyl sites for hydroxylation is 1. The first-order chi connectivity index (χ1) is 6.75. The van der Waals surface area contributed by atoms with E-state index >= 15 is 0 Å². The standard InChI is InChI=1S/C10H16N2OS/c1-7-5-12-10(14-7)6-11-8-3-2-4-9(8)13/h5,8-9,11,13H,2-4,6H2,1H3. The summed E-state index contributed by atoms with van der Waals surface area (Å²) in [5.41, 5.74) is 0. The number of nitrogens with one attached hydrogen (secondary N) is 1. The van der Waals surface area contributed by atoms with Gasteiger partial charge in [-0.3, -0.25) is 0 Å². The minimum absolute atomic E-state index is 0.156. The van der Waals surface area contributed by atoms with E-state index in [1.807, 2.05) is 6.20 Å². The molecule has 1 aliphatic rings. The maximum absolute atomic E-state index is 9.59. The van der Waals surface area contributed by atoms with E-state index in [0.29, 0.717) is 0 Å². The second-order valence-corrected chi connectivity index (χ2v) is 5.17. The average Bonchev–Trinajstić information content (AvgIpc) is 2.72. The zero-order valence-corrected chi connectivity index (χ0v) is 9.18. The fourth-order valence-corrected chi connectivity index (χ4v) is 2.62. The van der Waals surface area contributed by atoms with Crippen molar-refractivity contribution in [1.82, 2.24) is 10.3 Å². The molecule has 0 radical (unpaired) electrons. The Hall–Kier alpha value is -0.450. The Kier molecular flexibility index (Phi) is 3.15. The molecule has 14 heavy (non-hydrogen) atoms. The molecule has 0 amide bonds. The van der Waals surface area contributed by atoms with Gasteiger partial charge in [-0.25, -0.2) is 4.98 Å². The fraction of sp³-hybridized carbons (Fsp3) is 0.700. The molecule has 1 aromatic rings. The van der Waals surface area contributed by atoms with Crippen molar-refractivity contribution in [1.29, 1.82) is 0 Å². The van der Waals surface area contributed by atoms with Crippen molar-refractivity contribution in [3.05, 3.63) is 16.1 Å². The van der Waals surface area contributed by atoms with Crippen molar-refractivity contribution in [3.8, 4) is 0 Å². The first-order valence-electron chi connectivity index (χ1n) is 5.08. The average molecular weight is 212 g/mol. The molecule has 4 heteroatoms. The third-order valence-corrected chi connectivity index (χ3v) is 3.58. The van der Waals surface area contributed by atoms with Crippen LogP contribution in [0, 0.1) is 6.92 Å². The van der Waals surface area contributed by atoms with Crippen molar-refractivity contribution in [2.75, 3.05) is 0 Å². The van der Waals surface area contributed by atoms with E-state index < -0.39 is 0 Å². The molecule has 0 aromatic carbocycles. The highest BCUT2D eigenvalue weighted by Gasteiger charge is 2.24. The SMILES string of the molecule is Cc1cnc(CNC2CCCC2O)s1. The summed E-state index contributed by atoms with van der Waals surface area (Å²) in [4.78, 5) is 5.52. The van der Waals surface area contributed by atoms with Crippen LogP contribution in [0.5, 0.6) is 0 Å².